The van der Waals surface area contributed by atoms with Crippen LogP contribution in [0.5, 0.6) is 0 Å². The highest BCUT2D eigenvalue weighted by molar-refractivity contribution is 7.09. The van der Waals surface area contributed by atoms with E-state index in [0.717, 1.165) is 11.4 Å². The number of nitrogens with zero attached hydrogens (tertiary/aromatic N) is 1. The van der Waals surface area contributed by atoms with Crippen molar-refractivity contribution >= 4 is 40.4 Å². The lowest BCUT2D eigenvalue weighted by Crippen LogP contribution is -2.19. The molecule has 5 nitrogen and oxygen atoms in total. The van der Waals surface area contributed by atoms with Gasteiger partial charge in [0.25, 0.3) is 5.91 Å². The first-order valence-electron chi connectivity index (χ1n) is 8.34. The van der Waals surface area contributed by atoms with Gasteiger partial charge >= 0.3 is 0 Å². The molecule has 3 rings (SSSR count). The van der Waals surface area contributed by atoms with Crippen LogP contribution >= 0.6 is 22.9 Å². The standard InChI is InChI=1S/C20H18ClN3O2S/c1-22-20(26)14-7-8-16(21)17(10-14)24-18(25)11-15-12-27-19(23-15)9-13-5-3-2-4-6-13/h2-8,10,12H,9,11H2,1H3,(H,22,26)(H,24,25). The van der Waals surface area contributed by atoms with Gasteiger partial charge in [-0.25, -0.2) is 4.98 Å². The summed E-state index contributed by atoms with van der Waals surface area (Å²) in [4.78, 5) is 28.6. The lowest BCUT2D eigenvalue weighted by molar-refractivity contribution is -0.115. The van der Waals surface area contributed by atoms with Crippen LogP contribution in [0.3, 0.4) is 0 Å². The normalized spacial score (nSPS) is 10.4. The molecule has 0 fully saturated rings. The van der Waals surface area contributed by atoms with Gasteiger partial charge in [0.05, 0.1) is 27.8 Å². The second-order valence-electron chi connectivity index (χ2n) is 5.89. The third kappa shape index (κ3) is 5.15. The fourth-order valence-corrected chi connectivity index (χ4v) is 3.54. The number of rotatable bonds is 6. The Kier molecular flexibility index (Phi) is 6.21. The SMILES string of the molecule is CNC(=O)c1ccc(Cl)c(NC(=O)Cc2csc(Cc3ccccc3)n2)c1. The molecule has 0 unspecified atom stereocenters. The Labute approximate surface area is 166 Å². The van der Waals surface area contributed by atoms with E-state index >= 15 is 0 Å². The quantitative estimate of drug-likeness (QED) is 0.659. The highest BCUT2D eigenvalue weighted by Gasteiger charge is 2.12. The van der Waals surface area contributed by atoms with Crippen LogP contribution in [0.4, 0.5) is 5.69 Å². The summed E-state index contributed by atoms with van der Waals surface area (Å²) in [6.45, 7) is 0. The molecule has 0 saturated heterocycles. The summed E-state index contributed by atoms with van der Waals surface area (Å²) in [6.07, 6.45) is 0.888. The van der Waals surface area contributed by atoms with Gasteiger partial charge in [-0.1, -0.05) is 41.9 Å². The first kappa shape index (κ1) is 19.1. The van der Waals surface area contributed by atoms with Gasteiger partial charge in [0.2, 0.25) is 5.91 Å². The lowest BCUT2D eigenvalue weighted by atomic mass is 10.1. The maximum absolute atomic E-state index is 12.3. The van der Waals surface area contributed by atoms with E-state index in [2.05, 4.69) is 27.8 Å². The Morgan fingerprint density at radius 1 is 1.15 bits per heavy atom. The van der Waals surface area contributed by atoms with Gasteiger partial charge in [-0.2, -0.15) is 0 Å². The zero-order chi connectivity index (χ0) is 19.2. The smallest absolute Gasteiger partial charge is 0.251 e. The van der Waals surface area contributed by atoms with Crippen molar-refractivity contribution in [2.75, 3.05) is 12.4 Å². The maximum atomic E-state index is 12.3. The van der Waals surface area contributed by atoms with Crippen molar-refractivity contribution in [2.45, 2.75) is 12.8 Å². The molecular formula is C20H18ClN3O2S. The van der Waals surface area contributed by atoms with Gasteiger partial charge in [0, 0.05) is 24.4 Å². The van der Waals surface area contributed by atoms with E-state index in [1.165, 1.54) is 16.9 Å². The van der Waals surface area contributed by atoms with Crippen LogP contribution in [-0.4, -0.2) is 23.8 Å². The highest BCUT2D eigenvalue weighted by Crippen LogP contribution is 2.23. The lowest BCUT2D eigenvalue weighted by Gasteiger charge is -2.08. The first-order chi connectivity index (χ1) is 13.0. The van der Waals surface area contributed by atoms with Crippen LogP contribution in [0.1, 0.15) is 26.6 Å². The van der Waals surface area contributed by atoms with E-state index in [4.69, 9.17) is 11.6 Å². The van der Waals surface area contributed by atoms with Crippen molar-refractivity contribution in [3.63, 3.8) is 0 Å². The number of anilines is 1. The Morgan fingerprint density at radius 2 is 1.93 bits per heavy atom. The molecule has 0 spiro atoms. The van der Waals surface area contributed by atoms with E-state index in [1.807, 2.05) is 23.6 Å². The van der Waals surface area contributed by atoms with E-state index in [1.54, 1.807) is 25.2 Å². The second-order valence-corrected chi connectivity index (χ2v) is 7.24. The molecule has 2 aromatic carbocycles. The zero-order valence-electron chi connectivity index (χ0n) is 14.7. The number of halogens is 1. The minimum atomic E-state index is -0.243. The van der Waals surface area contributed by atoms with E-state index in [9.17, 15) is 9.59 Å². The molecule has 0 aliphatic rings. The number of carbonyl (C=O) groups excluding carboxylic acids is 2. The molecule has 0 radical (unpaired) electrons. The van der Waals surface area contributed by atoms with Crippen LogP contribution in [0.2, 0.25) is 5.02 Å². The summed E-state index contributed by atoms with van der Waals surface area (Å²) >= 11 is 7.66. The van der Waals surface area contributed by atoms with Gasteiger partial charge in [-0.05, 0) is 23.8 Å². The zero-order valence-corrected chi connectivity index (χ0v) is 16.2. The van der Waals surface area contributed by atoms with E-state index in [0.29, 0.717) is 22.0 Å². The van der Waals surface area contributed by atoms with Gasteiger partial charge in [0.1, 0.15) is 0 Å². The van der Waals surface area contributed by atoms with Crippen LogP contribution in [0.15, 0.2) is 53.9 Å². The number of benzene rings is 2. The summed E-state index contributed by atoms with van der Waals surface area (Å²) in [5, 5.41) is 8.52. The molecule has 0 atom stereocenters. The minimum absolute atomic E-state index is 0.145. The Bertz CT molecular complexity index is 957. The summed E-state index contributed by atoms with van der Waals surface area (Å²) in [7, 11) is 1.55. The van der Waals surface area contributed by atoms with E-state index < -0.39 is 0 Å². The van der Waals surface area contributed by atoms with Gasteiger partial charge in [-0.15, -0.1) is 11.3 Å². The number of amides is 2. The molecule has 0 aliphatic carbocycles. The van der Waals surface area contributed by atoms with Crippen molar-refractivity contribution in [3.8, 4) is 0 Å². The molecule has 0 bridgehead atoms. The number of carbonyl (C=O) groups is 2. The molecule has 0 aliphatic heterocycles. The molecule has 1 heterocycles. The molecule has 2 amide bonds. The average Bonchev–Trinajstić information content (AvgIpc) is 3.10. The van der Waals surface area contributed by atoms with Crippen LogP contribution < -0.4 is 10.6 Å². The van der Waals surface area contributed by atoms with Crippen molar-refractivity contribution in [1.82, 2.24) is 10.3 Å². The fourth-order valence-electron chi connectivity index (χ4n) is 2.55. The number of nitrogens with one attached hydrogen (secondary N) is 2. The van der Waals surface area contributed by atoms with Gasteiger partial charge < -0.3 is 10.6 Å². The molecule has 27 heavy (non-hydrogen) atoms. The predicted molar refractivity (Wildman–Crippen MR) is 109 cm³/mol. The summed E-state index contributed by atoms with van der Waals surface area (Å²) in [5.74, 6) is -0.477. The van der Waals surface area contributed by atoms with Crippen molar-refractivity contribution in [1.29, 1.82) is 0 Å². The Hall–Kier alpha value is -2.70. The maximum Gasteiger partial charge on any atom is 0.251 e. The molecule has 1 aromatic heterocycles. The van der Waals surface area contributed by atoms with Crippen LogP contribution in [0.25, 0.3) is 0 Å². The summed E-state index contributed by atoms with van der Waals surface area (Å²) in [6, 6.07) is 14.8. The monoisotopic (exact) mass is 399 g/mol. The van der Waals surface area contributed by atoms with Crippen LogP contribution in [-0.2, 0) is 17.6 Å². The van der Waals surface area contributed by atoms with Gasteiger partial charge in [-0.3, -0.25) is 9.59 Å². The largest absolute Gasteiger partial charge is 0.355 e. The number of aromatic nitrogens is 1. The van der Waals surface area contributed by atoms with Crippen LogP contribution in [0, 0.1) is 0 Å². The molecule has 0 saturated carbocycles. The van der Waals surface area contributed by atoms with Crippen molar-refractivity contribution < 1.29 is 9.59 Å². The second kappa shape index (κ2) is 8.79. The predicted octanol–water partition coefficient (Wildman–Crippen LogP) is 3.93. The molecule has 7 heteroatoms. The summed E-state index contributed by atoms with van der Waals surface area (Å²) < 4.78 is 0. The number of hydrogen-bond donors (Lipinski definition) is 2. The van der Waals surface area contributed by atoms with E-state index in [-0.39, 0.29) is 18.2 Å². The van der Waals surface area contributed by atoms with Gasteiger partial charge in [0.15, 0.2) is 0 Å². The van der Waals surface area contributed by atoms with Crippen molar-refractivity contribution in [3.05, 3.63) is 80.8 Å². The molecule has 138 valence electrons. The first-order valence-corrected chi connectivity index (χ1v) is 9.59. The molecule has 2 N–H and O–H groups in total. The Morgan fingerprint density at radius 3 is 2.67 bits per heavy atom. The number of hydrogen-bond acceptors (Lipinski definition) is 4. The molecule has 3 aromatic rings. The third-order valence-electron chi connectivity index (χ3n) is 3.87. The fraction of sp³-hybridized carbons (Fsp3) is 0.150. The third-order valence-corrected chi connectivity index (χ3v) is 5.10. The number of thiazole rings is 1. The highest BCUT2D eigenvalue weighted by atomic mass is 35.5. The molecular weight excluding hydrogens is 382 g/mol. The topological polar surface area (TPSA) is 71.1 Å². The Balaban J connectivity index is 1.64. The summed E-state index contributed by atoms with van der Waals surface area (Å²) in [5.41, 5.74) is 2.72. The average molecular weight is 400 g/mol. The van der Waals surface area contributed by atoms with Crippen molar-refractivity contribution in [2.24, 2.45) is 0 Å². The minimum Gasteiger partial charge on any atom is -0.355 e.